The Balaban J connectivity index is 1.65. The van der Waals surface area contributed by atoms with Gasteiger partial charge in [-0.15, -0.1) is 10.2 Å². The molecular formula is C15H14ClN5O2S. The molecule has 0 aliphatic rings. The molecule has 0 unspecified atom stereocenters. The molecule has 0 fully saturated rings. The van der Waals surface area contributed by atoms with Gasteiger partial charge in [0, 0.05) is 0 Å². The van der Waals surface area contributed by atoms with E-state index in [4.69, 9.17) is 21.9 Å². The number of nitrogens with two attached hydrogens (primary N) is 1. The molecule has 9 heteroatoms. The molecule has 0 saturated carbocycles. The van der Waals surface area contributed by atoms with E-state index >= 15 is 0 Å². The molecule has 0 aliphatic heterocycles. The van der Waals surface area contributed by atoms with Gasteiger partial charge >= 0.3 is 0 Å². The van der Waals surface area contributed by atoms with E-state index in [0.29, 0.717) is 27.5 Å². The van der Waals surface area contributed by atoms with E-state index in [2.05, 4.69) is 15.5 Å². The second kappa shape index (κ2) is 6.98. The highest BCUT2D eigenvalue weighted by atomic mass is 35.5. The Morgan fingerprint density at radius 1 is 1.38 bits per heavy atom. The van der Waals surface area contributed by atoms with Gasteiger partial charge in [-0.25, -0.2) is 4.68 Å². The predicted octanol–water partition coefficient (Wildman–Crippen LogP) is 2.94. The van der Waals surface area contributed by atoms with Gasteiger partial charge in [0.2, 0.25) is 11.1 Å². The SMILES string of the molecule is Cc1occc1-c1nnc(SCC(=O)Nc2ccccc2Cl)n1N. The van der Waals surface area contributed by atoms with Crippen molar-refractivity contribution in [3.63, 3.8) is 0 Å². The fraction of sp³-hybridized carbons (Fsp3) is 0.133. The first-order valence-electron chi connectivity index (χ1n) is 6.98. The van der Waals surface area contributed by atoms with Crippen LogP contribution < -0.4 is 11.2 Å². The van der Waals surface area contributed by atoms with Gasteiger partial charge in [0.15, 0.2) is 5.82 Å². The summed E-state index contributed by atoms with van der Waals surface area (Å²) in [6.45, 7) is 1.81. The number of aromatic nitrogens is 3. The van der Waals surface area contributed by atoms with E-state index in [1.54, 1.807) is 36.6 Å². The summed E-state index contributed by atoms with van der Waals surface area (Å²) in [4.78, 5) is 12.0. The van der Waals surface area contributed by atoms with Crippen LogP contribution >= 0.6 is 23.4 Å². The number of hydrogen-bond donors (Lipinski definition) is 2. The number of aryl methyl sites for hydroxylation is 1. The summed E-state index contributed by atoms with van der Waals surface area (Å²) in [5.74, 6) is 7.10. The van der Waals surface area contributed by atoms with Gasteiger partial charge < -0.3 is 15.6 Å². The lowest BCUT2D eigenvalue weighted by atomic mass is 10.2. The predicted molar refractivity (Wildman–Crippen MR) is 93.4 cm³/mol. The number of carbonyl (C=O) groups excluding carboxylic acids is 1. The number of rotatable bonds is 5. The van der Waals surface area contributed by atoms with E-state index in [0.717, 1.165) is 5.56 Å². The Kier molecular flexibility index (Phi) is 4.77. The maximum absolute atomic E-state index is 12.0. The molecule has 0 aliphatic carbocycles. The van der Waals surface area contributed by atoms with Gasteiger partial charge in [-0.3, -0.25) is 4.79 Å². The lowest BCUT2D eigenvalue weighted by molar-refractivity contribution is -0.113. The summed E-state index contributed by atoms with van der Waals surface area (Å²) < 4.78 is 6.58. The number of para-hydroxylation sites is 1. The second-order valence-corrected chi connectivity index (χ2v) is 6.23. The quantitative estimate of drug-likeness (QED) is 0.534. The highest BCUT2D eigenvalue weighted by Crippen LogP contribution is 2.25. The number of anilines is 1. The second-order valence-electron chi connectivity index (χ2n) is 4.88. The van der Waals surface area contributed by atoms with Crippen molar-refractivity contribution in [2.45, 2.75) is 12.1 Å². The van der Waals surface area contributed by atoms with Crippen LogP contribution in [0.5, 0.6) is 0 Å². The van der Waals surface area contributed by atoms with Crippen molar-refractivity contribution >= 4 is 35.0 Å². The van der Waals surface area contributed by atoms with Crippen molar-refractivity contribution in [3.8, 4) is 11.4 Å². The Bertz CT molecular complexity index is 876. The van der Waals surface area contributed by atoms with Crippen LogP contribution in [-0.2, 0) is 4.79 Å². The minimum Gasteiger partial charge on any atom is -0.469 e. The first-order chi connectivity index (χ1) is 11.6. The molecule has 2 aromatic heterocycles. The number of thioether (sulfide) groups is 1. The average Bonchev–Trinajstić information content (AvgIpc) is 3.13. The van der Waals surface area contributed by atoms with Gasteiger partial charge in [-0.05, 0) is 25.1 Å². The lowest BCUT2D eigenvalue weighted by Gasteiger charge is -2.06. The Morgan fingerprint density at radius 3 is 2.88 bits per heavy atom. The fourth-order valence-corrected chi connectivity index (χ4v) is 2.89. The number of benzene rings is 1. The number of carbonyl (C=O) groups is 1. The molecule has 0 bridgehead atoms. The molecule has 3 aromatic rings. The number of nitrogen functional groups attached to an aromatic ring is 1. The van der Waals surface area contributed by atoms with Gasteiger partial charge in [0.25, 0.3) is 0 Å². The molecule has 1 amide bonds. The van der Waals surface area contributed by atoms with Crippen molar-refractivity contribution in [2.75, 3.05) is 16.9 Å². The third kappa shape index (κ3) is 3.39. The van der Waals surface area contributed by atoms with E-state index in [1.807, 2.05) is 6.92 Å². The van der Waals surface area contributed by atoms with Crippen LogP contribution in [0, 0.1) is 6.92 Å². The summed E-state index contributed by atoms with van der Waals surface area (Å²) in [5, 5.41) is 11.7. The standard InChI is InChI=1S/C15H14ClN5O2S/c1-9-10(6-7-23-9)14-19-20-15(21(14)17)24-8-13(22)18-12-5-3-2-4-11(12)16/h2-7H,8,17H2,1H3,(H,18,22). The van der Waals surface area contributed by atoms with Crippen LogP contribution in [0.4, 0.5) is 5.69 Å². The smallest absolute Gasteiger partial charge is 0.234 e. The van der Waals surface area contributed by atoms with Crippen LogP contribution in [0.25, 0.3) is 11.4 Å². The van der Waals surface area contributed by atoms with Gasteiger partial charge in [0.05, 0.1) is 28.3 Å². The zero-order chi connectivity index (χ0) is 17.1. The van der Waals surface area contributed by atoms with Crippen molar-refractivity contribution in [3.05, 3.63) is 47.4 Å². The molecule has 0 radical (unpaired) electrons. The lowest BCUT2D eigenvalue weighted by Crippen LogP contribution is -2.16. The van der Waals surface area contributed by atoms with Crippen LogP contribution in [-0.4, -0.2) is 26.5 Å². The highest BCUT2D eigenvalue weighted by molar-refractivity contribution is 7.99. The summed E-state index contributed by atoms with van der Waals surface area (Å²) >= 11 is 7.19. The van der Waals surface area contributed by atoms with Gasteiger partial charge in [-0.1, -0.05) is 35.5 Å². The minimum absolute atomic E-state index is 0.130. The molecule has 7 nitrogen and oxygen atoms in total. The molecule has 0 spiro atoms. The summed E-state index contributed by atoms with van der Waals surface area (Å²) in [6.07, 6.45) is 1.56. The van der Waals surface area contributed by atoms with E-state index in [1.165, 1.54) is 16.4 Å². The third-order valence-corrected chi connectivity index (χ3v) is 4.52. The average molecular weight is 364 g/mol. The normalized spacial score (nSPS) is 10.8. The van der Waals surface area contributed by atoms with Crippen molar-refractivity contribution in [1.29, 1.82) is 0 Å². The minimum atomic E-state index is -0.211. The molecule has 3 N–H and O–H groups in total. The number of halogens is 1. The number of nitrogens with zero attached hydrogens (tertiary/aromatic N) is 3. The topological polar surface area (TPSA) is 99.0 Å². The monoisotopic (exact) mass is 363 g/mol. The molecule has 0 saturated heterocycles. The Morgan fingerprint density at radius 2 is 2.17 bits per heavy atom. The third-order valence-electron chi connectivity index (χ3n) is 3.24. The number of nitrogens with one attached hydrogen (secondary N) is 1. The van der Waals surface area contributed by atoms with Crippen molar-refractivity contribution in [2.24, 2.45) is 0 Å². The number of amides is 1. The Labute approximate surface area is 147 Å². The molecule has 1 aromatic carbocycles. The molecular weight excluding hydrogens is 350 g/mol. The molecule has 24 heavy (non-hydrogen) atoms. The summed E-state index contributed by atoms with van der Waals surface area (Å²) in [6, 6.07) is 8.80. The molecule has 124 valence electrons. The first kappa shape index (κ1) is 16.4. The number of furan rings is 1. The first-order valence-corrected chi connectivity index (χ1v) is 8.34. The van der Waals surface area contributed by atoms with E-state index in [9.17, 15) is 4.79 Å². The molecule has 3 rings (SSSR count). The maximum Gasteiger partial charge on any atom is 0.234 e. The van der Waals surface area contributed by atoms with Crippen LogP contribution in [0.2, 0.25) is 5.02 Å². The van der Waals surface area contributed by atoms with E-state index in [-0.39, 0.29) is 11.7 Å². The van der Waals surface area contributed by atoms with Crippen LogP contribution in [0.15, 0.2) is 46.2 Å². The highest BCUT2D eigenvalue weighted by Gasteiger charge is 2.16. The summed E-state index contributed by atoms with van der Waals surface area (Å²) in [5.41, 5.74) is 1.33. The van der Waals surface area contributed by atoms with Crippen LogP contribution in [0.1, 0.15) is 5.76 Å². The molecule has 2 heterocycles. The Hall–Kier alpha value is -2.45. The largest absolute Gasteiger partial charge is 0.469 e. The number of hydrogen-bond acceptors (Lipinski definition) is 6. The molecule has 0 atom stereocenters. The van der Waals surface area contributed by atoms with E-state index < -0.39 is 0 Å². The van der Waals surface area contributed by atoms with Gasteiger partial charge in [0.1, 0.15) is 5.76 Å². The van der Waals surface area contributed by atoms with Crippen molar-refractivity contribution < 1.29 is 9.21 Å². The summed E-state index contributed by atoms with van der Waals surface area (Å²) in [7, 11) is 0. The maximum atomic E-state index is 12.0. The zero-order valence-electron chi connectivity index (χ0n) is 12.7. The van der Waals surface area contributed by atoms with Crippen LogP contribution in [0.3, 0.4) is 0 Å². The van der Waals surface area contributed by atoms with Crippen molar-refractivity contribution in [1.82, 2.24) is 14.9 Å². The van der Waals surface area contributed by atoms with Gasteiger partial charge in [-0.2, -0.15) is 0 Å². The fourth-order valence-electron chi connectivity index (χ4n) is 2.06. The zero-order valence-corrected chi connectivity index (χ0v) is 14.3.